The Morgan fingerprint density at radius 3 is 2.52 bits per heavy atom. The number of nitrogens with one attached hydrogen (secondary N) is 1. The average molecular weight is 402 g/mol. The molecular weight excluding hydrogens is 386 g/mol. The van der Waals surface area contributed by atoms with Gasteiger partial charge in [-0.25, -0.2) is 4.79 Å². The second kappa shape index (κ2) is 7.11. The molecule has 0 fully saturated rings. The van der Waals surface area contributed by atoms with Gasteiger partial charge in [-0.1, -0.05) is 15.9 Å². The molecule has 0 radical (unpaired) electrons. The Kier molecular flexibility index (Phi) is 4.90. The Morgan fingerprint density at radius 1 is 1.12 bits per heavy atom. The number of hydrogen-bond acceptors (Lipinski definition) is 4. The van der Waals surface area contributed by atoms with Crippen LogP contribution in [0.3, 0.4) is 0 Å². The number of halogens is 1. The zero-order valence-corrected chi connectivity index (χ0v) is 15.3. The molecule has 5 nitrogen and oxygen atoms in total. The SMILES string of the molecule is CC(C)Oc1ccc2c(C(=O)Nc3ccc(Br)cc3)cc(=O)oc2c1. The van der Waals surface area contributed by atoms with Gasteiger partial charge in [-0.05, 0) is 50.2 Å². The van der Waals surface area contributed by atoms with Crippen molar-refractivity contribution in [3.05, 3.63) is 69.0 Å². The number of carbonyl (C=O) groups is 1. The van der Waals surface area contributed by atoms with Crippen molar-refractivity contribution >= 4 is 38.5 Å². The van der Waals surface area contributed by atoms with Crippen molar-refractivity contribution in [2.24, 2.45) is 0 Å². The standard InChI is InChI=1S/C19H16BrNO4/c1-11(2)24-14-7-8-15-16(10-18(22)25-17(15)9-14)19(23)21-13-5-3-12(20)4-6-13/h3-11H,1-2H3,(H,21,23). The van der Waals surface area contributed by atoms with Gasteiger partial charge in [0.05, 0.1) is 11.7 Å². The molecule has 6 heteroatoms. The van der Waals surface area contributed by atoms with Crippen LogP contribution in [0.2, 0.25) is 0 Å². The van der Waals surface area contributed by atoms with Crippen LogP contribution in [0.5, 0.6) is 5.75 Å². The molecule has 1 aromatic heterocycles. The molecule has 0 atom stereocenters. The molecule has 0 aliphatic rings. The van der Waals surface area contributed by atoms with Gasteiger partial charge < -0.3 is 14.5 Å². The Morgan fingerprint density at radius 2 is 1.84 bits per heavy atom. The summed E-state index contributed by atoms with van der Waals surface area (Å²) in [6, 6.07) is 13.5. The highest BCUT2D eigenvalue weighted by Crippen LogP contribution is 2.24. The van der Waals surface area contributed by atoms with E-state index in [9.17, 15) is 9.59 Å². The highest BCUT2D eigenvalue weighted by molar-refractivity contribution is 9.10. The maximum absolute atomic E-state index is 12.6. The first-order valence-corrected chi connectivity index (χ1v) is 8.53. The summed E-state index contributed by atoms with van der Waals surface area (Å²) in [5.74, 6) is 0.203. The minimum Gasteiger partial charge on any atom is -0.491 e. The molecule has 0 spiro atoms. The molecule has 0 bridgehead atoms. The summed E-state index contributed by atoms with van der Waals surface area (Å²) in [5.41, 5.74) is 0.612. The van der Waals surface area contributed by atoms with Gasteiger partial charge in [0.2, 0.25) is 0 Å². The smallest absolute Gasteiger partial charge is 0.337 e. The Labute approximate surface area is 152 Å². The van der Waals surface area contributed by atoms with Crippen LogP contribution in [0.4, 0.5) is 5.69 Å². The molecule has 0 aliphatic carbocycles. The maximum atomic E-state index is 12.6. The van der Waals surface area contributed by atoms with Gasteiger partial charge in [0.25, 0.3) is 5.91 Å². The van der Waals surface area contributed by atoms with Crippen molar-refractivity contribution in [3.8, 4) is 5.75 Å². The quantitative estimate of drug-likeness (QED) is 0.648. The van der Waals surface area contributed by atoms with Gasteiger partial charge in [0.15, 0.2) is 0 Å². The molecule has 0 saturated heterocycles. The third-order valence-corrected chi connectivity index (χ3v) is 3.96. The van der Waals surface area contributed by atoms with Gasteiger partial charge in [-0.15, -0.1) is 0 Å². The fraction of sp³-hybridized carbons (Fsp3) is 0.158. The second-order valence-corrected chi connectivity index (χ2v) is 6.68. The number of rotatable bonds is 4. The van der Waals surface area contributed by atoms with Crippen molar-refractivity contribution in [2.45, 2.75) is 20.0 Å². The average Bonchev–Trinajstić information content (AvgIpc) is 2.55. The number of hydrogen-bond donors (Lipinski definition) is 1. The Bertz CT molecular complexity index is 977. The summed E-state index contributed by atoms with van der Waals surface area (Å²) < 4.78 is 11.7. The third-order valence-electron chi connectivity index (χ3n) is 3.43. The van der Waals surface area contributed by atoms with Crippen LogP contribution in [-0.2, 0) is 0 Å². The van der Waals surface area contributed by atoms with Gasteiger partial charge in [0.1, 0.15) is 11.3 Å². The minimum absolute atomic E-state index is 0.00643. The van der Waals surface area contributed by atoms with Crippen LogP contribution < -0.4 is 15.7 Å². The first kappa shape index (κ1) is 17.2. The third kappa shape index (κ3) is 4.09. The van der Waals surface area contributed by atoms with Crippen LogP contribution in [0, 0.1) is 0 Å². The van der Waals surface area contributed by atoms with E-state index in [1.165, 1.54) is 6.07 Å². The van der Waals surface area contributed by atoms with Crippen LogP contribution in [-0.4, -0.2) is 12.0 Å². The van der Waals surface area contributed by atoms with E-state index in [0.717, 1.165) is 4.47 Å². The van der Waals surface area contributed by atoms with Crippen molar-refractivity contribution in [2.75, 3.05) is 5.32 Å². The second-order valence-electron chi connectivity index (χ2n) is 5.76. The number of ether oxygens (including phenoxy) is 1. The fourth-order valence-corrected chi connectivity index (χ4v) is 2.67. The number of benzene rings is 2. The lowest BCUT2D eigenvalue weighted by Gasteiger charge is -2.11. The van der Waals surface area contributed by atoms with Gasteiger partial charge in [-0.2, -0.15) is 0 Å². The van der Waals surface area contributed by atoms with Crippen molar-refractivity contribution < 1.29 is 13.9 Å². The van der Waals surface area contributed by atoms with E-state index in [0.29, 0.717) is 22.4 Å². The largest absolute Gasteiger partial charge is 0.491 e. The predicted molar refractivity (Wildman–Crippen MR) is 100 cm³/mol. The summed E-state index contributed by atoms with van der Waals surface area (Å²) in [7, 11) is 0. The number of amides is 1. The Balaban J connectivity index is 1.98. The van der Waals surface area contributed by atoms with E-state index in [-0.39, 0.29) is 17.6 Å². The van der Waals surface area contributed by atoms with Gasteiger partial charge >= 0.3 is 5.63 Å². The van der Waals surface area contributed by atoms with E-state index in [2.05, 4.69) is 21.2 Å². The zero-order valence-electron chi connectivity index (χ0n) is 13.7. The predicted octanol–water partition coefficient (Wildman–Crippen LogP) is 4.60. The van der Waals surface area contributed by atoms with Crippen LogP contribution in [0.15, 0.2) is 62.2 Å². The first-order chi connectivity index (χ1) is 11.9. The number of fused-ring (bicyclic) bond motifs is 1. The Hall–Kier alpha value is -2.60. The number of carbonyl (C=O) groups excluding carboxylic acids is 1. The molecule has 1 heterocycles. The highest BCUT2D eigenvalue weighted by atomic mass is 79.9. The first-order valence-electron chi connectivity index (χ1n) is 7.74. The normalized spacial score (nSPS) is 10.9. The highest BCUT2D eigenvalue weighted by Gasteiger charge is 2.14. The van der Waals surface area contributed by atoms with E-state index in [4.69, 9.17) is 9.15 Å². The summed E-state index contributed by atoms with van der Waals surface area (Å²) in [6.07, 6.45) is -0.00643. The van der Waals surface area contributed by atoms with Gasteiger partial charge in [0, 0.05) is 27.7 Å². The van der Waals surface area contributed by atoms with Crippen LogP contribution in [0.1, 0.15) is 24.2 Å². The minimum atomic E-state index is -0.588. The van der Waals surface area contributed by atoms with E-state index in [1.807, 2.05) is 26.0 Å². The fourth-order valence-electron chi connectivity index (χ4n) is 2.41. The lowest BCUT2D eigenvalue weighted by atomic mass is 10.1. The van der Waals surface area contributed by atoms with Crippen molar-refractivity contribution in [1.29, 1.82) is 0 Å². The summed E-state index contributed by atoms with van der Waals surface area (Å²) >= 11 is 3.34. The molecule has 3 rings (SSSR count). The van der Waals surface area contributed by atoms with E-state index in [1.54, 1.807) is 30.3 Å². The summed E-state index contributed by atoms with van der Waals surface area (Å²) in [5, 5.41) is 3.33. The molecule has 3 aromatic rings. The molecular formula is C19H16BrNO4. The topological polar surface area (TPSA) is 68.5 Å². The molecule has 0 aliphatic heterocycles. The number of anilines is 1. The van der Waals surface area contributed by atoms with Crippen LogP contribution >= 0.6 is 15.9 Å². The van der Waals surface area contributed by atoms with E-state index >= 15 is 0 Å². The summed E-state index contributed by atoms with van der Waals surface area (Å²) in [4.78, 5) is 24.4. The molecule has 1 N–H and O–H groups in total. The lowest BCUT2D eigenvalue weighted by Crippen LogP contribution is -2.15. The van der Waals surface area contributed by atoms with E-state index < -0.39 is 5.63 Å². The maximum Gasteiger partial charge on any atom is 0.337 e. The summed E-state index contributed by atoms with van der Waals surface area (Å²) in [6.45, 7) is 3.81. The molecule has 0 saturated carbocycles. The van der Waals surface area contributed by atoms with Crippen molar-refractivity contribution in [3.63, 3.8) is 0 Å². The van der Waals surface area contributed by atoms with Gasteiger partial charge in [-0.3, -0.25) is 4.79 Å². The molecule has 128 valence electrons. The molecule has 25 heavy (non-hydrogen) atoms. The van der Waals surface area contributed by atoms with Crippen molar-refractivity contribution in [1.82, 2.24) is 0 Å². The molecule has 2 aromatic carbocycles. The zero-order chi connectivity index (χ0) is 18.0. The molecule has 1 amide bonds. The molecule has 0 unspecified atom stereocenters. The lowest BCUT2D eigenvalue weighted by molar-refractivity contribution is 0.102. The monoisotopic (exact) mass is 401 g/mol. The van der Waals surface area contributed by atoms with Crippen LogP contribution in [0.25, 0.3) is 11.0 Å².